The van der Waals surface area contributed by atoms with Gasteiger partial charge < -0.3 is 29.6 Å². The van der Waals surface area contributed by atoms with Crippen LogP contribution < -0.4 is 20.1 Å². The highest BCUT2D eigenvalue weighted by atomic mass is 19.4. The zero-order chi connectivity index (χ0) is 32.1. The maximum atomic E-state index is 13.6. The van der Waals surface area contributed by atoms with Crippen LogP contribution in [0, 0.1) is 11.6 Å². The number of ether oxygens (including phenoxy) is 2. The summed E-state index contributed by atoms with van der Waals surface area (Å²) in [6, 6.07) is 11.1. The van der Waals surface area contributed by atoms with Gasteiger partial charge in [0.25, 0.3) is 0 Å². The first kappa shape index (κ1) is 32.6. The number of carboxylic acid groups (broad SMARTS) is 1. The van der Waals surface area contributed by atoms with Crippen molar-refractivity contribution >= 4 is 17.7 Å². The average Bonchev–Trinajstić information content (AvgIpc) is 3.63. The van der Waals surface area contributed by atoms with E-state index < -0.39 is 29.8 Å². The fraction of sp³-hybridized carbons (Fsp3) is 0.400. The average molecular weight is 626 g/mol. The van der Waals surface area contributed by atoms with Crippen molar-refractivity contribution in [2.75, 3.05) is 26.1 Å². The Morgan fingerprint density at radius 2 is 1.77 bits per heavy atom. The number of likely N-dealkylation sites (tertiary alicyclic amines) is 1. The lowest BCUT2D eigenvalue weighted by Crippen LogP contribution is -2.52. The van der Waals surface area contributed by atoms with Crippen molar-refractivity contribution in [2.24, 2.45) is 0 Å². The first-order chi connectivity index (χ1) is 20.9. The molecule has 0 bridgehead atoms. The van der Waals surface area contributed by atoms with Gasteiger partial charge in [0.2, 0.25) is 0 Å². The van der Waals surface area contributed by atoms with E-state index in [4.69, 9.17) is 23.8 Å². The molecule has 0 spiro atoms. The van der Waals surface area contributed by atoms with Crippen molar-refractivity contribution in [1.82, 2.24) is 10.2 Å². The second kappa shape index (κ2) is 13.5. The molecule has 9 nitrogen and oxygen atoms in total. The Kier molecular flexibility index (Phi) is 10.0. The minimum absolute atomic E-state index is 0.0755. The van der Waals surface area contributed by atoms with E-state index in [9.17, 15) is 26.7 Å². The van der Waals surface area contributed by atoms with Gasteiger partial charge in [-0.25, -0.2) is 18.4 Å². The third kappa shape index (κ3) is 7.41. The Morgan fingerprint density at radius 1 is 1.05 bits per heavy atom. The van der Waals surface area contributed by atoms with Crippen molar-refractivity contribution in [3.63, 3.8) is 0 Å². The molecule has 14 heteroatoms. The number of aliphatic carboxylic acids is 1. The van der Waals surface area contributed by atoms with Gasteiger partial charge in [-0.2, -0.15) is 13.2 Å². The topological polar surface area (TPSA) is 113 Å². The Bertz CT molecular complexity index is 1450. The number of alkyl halides is 3. The molecular formula is C30H32F5N3O6. The van der Waals surface area contributed by atoms with Crippen LogP contribution in [0.3, 0.4) is 0 Å². The minimum Gasteiger partial charge on any atom is -0.493 e. The van der Waals surface area contributed by atoms with Gasteiger partial charge in [-0.3, -0.25) is 4.90 Å². The smallest absolute Gasteiger partial charge is 0.490 e. The lowest BCUT2D eigenvalue weighted by Gasteiger charge is -2.45. The van der Waals surface area contributed by atoms with Crippen LogP contribution in [0.4, 0.5) is 32.4 Å². The number of amides is 2. The number of urea groups is 1. The summed E-state index contributed by atoms with van der Waals surface area (Å²) in [6.45, 7) is 1.67. The van der Waals surface area contributed by atoms with Crippen molar-refractivity contribution in [3.8, 4) is 11.5 Å². The summed E-state index contributed by atoms with van der Waals surface area (Å²) in [4.78, 5) is 24.1. The molecule has 3 N–H and O–H groups in total. The molecule has 2 heterocycles. The molecule has 44 heavy (non-hydrogen) atoms. The van der Waals surface area contributed by atoms with Gasteiger partial charge in [-0.15, -0.1) is 0 Å². The maximum absolute atomic E-state index is 13.6. The number of nitrogens with zero attached hydrogens (tertiary/aromatic N) is 1. The largest absolute Gasteiger partial charge is 0.493 e. The summed E-state index contributed by atoms with van der Waals surface area (Å²) in [7, 11) is 3.27. The summed E-state index contributed by atoms with van der Waals surface area (Å²) in [6.07, 6.45) is 1.77. The van der Waals surface area contributed by atoms with Gasteiger partial charge in [0.1, 0.15) is 0 Å². The quantitative estimate of drug-likeness (QED) is 0.272. The van der Waals surface area contributed by atoms with Crippen molar-refractivity contribution < 1.29 is 50.5 Å². The first-order valence-electron chi connectivity index (χ1n) is 13.7. The molecule has 2 aromatic carbocycles. The number of halogens is 5. The molecule has 1 saturated heterocycles. The summed E-state index contributed by atoms with van der Waals surface area (Å²) in [5.74, 6) is -3.32. The molecule has 3 unspecified atom stereocenters. The maximum Gasteiger partial charge on any atom is 0.490 e. The van der Waals surface area contributed by atoms with Crippen LogP contribution in [-0.2, 0) is 16.8 Å². The van der Waals surface area contributed by atoms with Crippen LogP contribution in [0.15, 0.2) is 59.4 Å². The Morgan fingerprint density at radius 3 is 2.39 bits per heavy atom. The fourth-order valence-electron chi connectivity index (χ4n) is 5.99. The number of hydrogen-bond acceptors (Lipinski definition) is 6. The monoisotopic (exact) mass is 625 g/mol. The first-order valence-corrected chi connectivity index (χ1v) is 13.7. The highest BCUT2D eigenvalue weighted by Gasteiger charge is 2.51. The second-order valence-electron chi connectivity index (χ2n) is 10.6. The summed E-state index contributed by atoms with van der Waals surface area (Å²) >= 11 is 0. The van der Waals surface area contributed by atoms with Crippen LogP contribution >= 0.6 is 0 Å². The lowest BCUT2D eigenvalue weighted by molar-refractivity contribution is -0.192. The molecule has 5 rings (SSSR count). The van der Waals surface area contributed by atoms with Crippen LogP contribution in [0.2, 0.25) is 0 Å². The zero-order valence-corrected chi connectivity index (χ0v) is 23.9. The minimum atomic E-state index is -5.08. The molecule has 238 valence electrons. The van der Waals surface area contributed by atoms with Crippen molar-refractivity contribution in [3.05, 3.63) is 77.8 Å². The van der Waals surface area contributed by atoms with Gasteiger partial charge in [-0.05, 0) is 68.1 Å². The van der Waals surface area contributed by atoms with E-state index in [1.807, 2.05) is 12.1 Å². The molecule has 1 aliphatic heterocycles. The van der Waals surface area contributed by atoms with Crippen LogP contribution in [0.25, 0.3) is 0 Å². The van der Waals surface area contributed by atoms with Gasteiger partial charge in [0.05, 0.1) is 26.7 Å². The molecule has 2 aliphatic rings. The highest BCUT2D eigenvalue weighted by molar-refractivity contribution is 5.89. The van der Waals surface area contributed by atoms with E-state index in [1.54, 1.807) is 26.7 Å². The standard InChI is InChI=1S/C28H31F2N3O4.C2HF3O2/c1-35-24-6-3-19(13-25(24)36-2)28-9-7-21(32-27(34)31-20-4-5-22(29)23(30)14-20)15-26(28)33(11-10-28)16-18-8-12-37-17-18;3-2(4,5)1(6)7/h3-6,8,12-14,17,21,26H,7,9-11,15-16H2,1-2H3,(H2,31,32,34);(H,6,7). The molecule has 2 fully saturated rings. The number of nitrogens with one attached hydrogen (secondary N) is 2. The molecule has 1 aliphatic carbocycles. The van der Waals surface area contributed by atoms with E-state index in [-0.39, 0.29) is 23.2 Å². The highest BCUT2D eigenvalue weighted by Crippen LogP contribution is 2.50. The molecular weight excluding hydrogens is 593 g/mol. The van der Waals surface area contributed by atoms with Gasteiger partial charge >= 0.3 is 18.2 Å². The Hall–Kier alpha value is -4.33. The van der Waals surface area contributed by atoms with E-state index in [0.29, 0.717) is 11.5 Å². The lowest BCUT2D eigenvalue weighted by atomic mass is 9.65. The summed E-state index contributed by atoms with van der Waals surface area (Å²) in [5.41, 5.74) is 2.41. The summed E-state index contributed by atoms with van der Waals surface area (Å²) < 4.78 is 74.9. The van der Waals surface area contributed by atoms with E-state index in [1.165, 1.54) is 11.6 Å². The third-order valence-electron chi connectivity index (χ3n) is 8.05. The number of rotatable bonds is 7. The third-order valence-corrected chi connectivity index (χ3v) is 8.05. The van der Waals surface area contributed by atoms with Crippen LogP contribution in [0.5, 0.6) is 11.5 Å². The molecule has 0 radical (unpaired) electrons. The second-order valence-corrected chi connectivity index (χ2v) is 10.6. The SMILES string of the molecule is COc1ccc(C23CCC(NC(=O)Nc4ccc(F)c(F)c4)CC2N(Cc2ccoc2)CC3)cc1OC.O=C(O)C(F)(F)F. The van der Waals surface area contributed by atoms with Gasteiger partial charge in [0, 0.05) is 41.4 Å². The zero-order valence-electron chi connectivity index (χ0n) is 23.9. The van der Waals surface area contributed by atoms with E-state index >= 15 is 0 Å². The Labute approximate surface area is 249 Å². The predicted molar refractivity (Wildman–Crippen MR) is 149 cm³/mol. The number of anilines is 1. The fourth-order valence-corrected chi connectivity index (χ4v) is 5.99. The molecule has 2 amide bonds. The number of fused-ring (bicyclic) bond motifs is 1. The number of benzene rings is 2. The Balaban J connectivity index is 0.000000566. The molecule has 3 atom stereocenters. The predicted octanol–water partition coefficient (Wildman–Crippen LogP) is 6.09. The number of carbonyl (C=O) groups is 2. The molecule has 1 aromatic heterocycles. The number of carbonyl (C=O) groups excluding carboxylic acids is 1. The van der Waals surface area contributed by atoms with E-state index in [0.717, 1.165) is 56.5 Å². The molecule has 1 saturated carbocycles. The van der Waals surface area contributed by atoms with Crippen molar-refractivity contribution in [1.29, 1.82) is 0 Å². The van der Waals surface area contributed by atoms with Gasteiger partial charge in [-0.1, -0.05) is 6.07 Å². The number of furan rings is 1. The van der Waals surface area contributed by atoms with Crippen molar-refractivity contribution in [2.45, 2.75) is 55.9 Å². The number of hydrogen-bond donors (Lipinski definition) is 3. The van der Waals surface area contributed by atoms with Crippen LogP contribution in [0.1, 0.15) is 36.8 Å². The molecule has 3 aromatic rings. The van der Waals surface area contributed by atoms with Gasteiger partial charge in [0.15, 0.2) is 23.1 Å². The summed E-state index contributed by atoms with van der Waals surface area (Å²) in [5, 5.41) is 12.8. The van der Waals surface area contributed by atoms with E-state index in [2.05, 4.69) is 27.7 Å². The van der Waals surface area contributed by atoms with Crippen LogP contribution in [-0.4, -0.2) is 61.0 Å². The number of methoxy groups -OCH3 is 2. The number of carboxylic acids is 1. The normalized spacial score (nSPS) is 21.4.